The van der Waals surface area contributed by atoms with Gasteiger partial charge in [-0.2, -0.15) is 0 Å². The SMILES string of the molecule is CC(C)CCCN1CCCC1C(N)=S. The zero-order valence-electron chi connectivity index (χ0n) is 9.33. The van der Waals surface area contributed by atoms with E-state index >= 15 is 0 Å². The number of nitrogens with two attached hydrogens (primary N) is 1. The Bertz CT molecular complexity index is 192. The van der Waals surface area contributed by atoms with Gasteiger partial charge in [-0.3, -0.25) is 4.90 Å². The molecule has 0 aliphatic carbocycles. The quantitative estimate of drug-likeness (QED) is 0.711. The second-order valence-corrected chi connectivity index (χ2v) is 5.10. The maximum absolute atomic E-state index is 5.71. The molecule has 0 saturated carbocycles. The van der Waals surface area contributed by atoms with E-state index in [9.17, 15) is 0 Å². The second kappa shape index (κ2) is 5.66. The minimum atomic E-state index is 0.386. The first-order valence-electron chi connectivity index (χ1n) is 5.64. The Balaban J connectivity index is 2.26. The van der Waals surface area contributed by atoms with Crippen molar-refractivity contribution in [2.24, 2.45) is 11.7 Å². The van der Waals surface area contributed by atoms with Crippen LogP contribution in [0.25, 0.3) is 0 Å². The summed E-state index contributed by atoms with van der Waals surface area (Å²) in [6.45, 7) is 6.89. The van der Waals surface area contributed by atoms with Crippen LogP contribution in [0, 0.1) is 5.92 Å². The Hall–Kier alpha value is -0.150. The topological polar surface area (TPSA) is 29.3 Å². The summed E-state index contributed by atoms with van der Waals surface area (Å²) in [4.78, 5) is 3.14. The van der Waals surface area contributed by atoms with E-state index < -0.39 is 0 Å². The van der Waals surface area contributed by atoms with Crippen LogP contribution in [0.1, 0.15) is 39.5 Å². The van der Waals surface area contributed by atoms with Crippen LogP contribution in [-0.4, -0.2) is 29.0 Å². The number of hydrogen-bond donors (Lipinski definition) is 1. The summed E-state index contributed by atoms with van der Waals surface area (Å²) in [7, 11) is 0. The fraction of sp³-hybridized carbons (Fsp3) is 0.909. The summed E-state index contributed by atoms with van der Waals surface area (Å²) in [6, 6.07) is 0.386. The third-order valence-electron chi connectivity index (χ3n) is 2.92. The van der Waals surface area contributed by atoms with Gasteiger partial charge in [-0.15, -0.1) is 0 Å². The van der Waals surface area contributed by atoms with E-state index in [0.717, 1.165) is 12.3 Å². The van der Waals surface area contributed by atoms with Gasteiger partial charge in [-0.25, -0.2) is 0 Å². The normalized spacial score (nSPS) is 23.2. The standard InChI is InChI=1S/C11H22N2S/c1-9(2)5-3-7-13-8-4-6-10(13)11(12)14/h9-10H,3-8H2,1-2H3,(H2,12,14). The highest BCUT2D eigenvalue weighted by Gasteiger charge is 2.25. The molecule has 1 aliphatic heterocycles. The molecule has 0 amide bonds. The summed E-state index contributed by atoms with van der Waals surface area (Å²) in [5.41, 5.74) is 5.71. The van der Waals surface area contributed by atoms with E-state index in [1.807, 2.05) is 0 Å². The zero-order valence-corrected chi connectivity index (χ0v) is 10.1. The van der Waals surface area contributed by atoms with Gasteiger partial charge >= 0.3 is 0 Å². The van der Waals surface area contributed by atoms with Crippen molar-refractivity contribution < 1.29 is 0 Å². The van der Waals surface area contributed by atoms with Gasteiger partial charge in [0.2, 0.25) is 0 Å². The summed E-state index contributed by atoms with van der Waals surface area (Å²) in [5.74, 6) is 0.806. The van der Waals surface area contributed by atoms with E-state index in [-0.39, 0.29) is 0 Å². The lowest BCUT2D eigenvalue weighted by molar-refractivity contribution is 0.290. The van der Waals surface area contributed by atoms with Crippen molar-refractivity contribution in [1.82, 2.24) is 4.90 Å². The molecule has 1 unspecified atom stereocenters. The number of hydrogen-bond acceptors (Lipinski definition) is 2. The predicted molar refractivity (Wildman–Crippen MR) is 65.5 cm³/mol. The van der Waals surface area contributed by atoms with E-state index in [1.54, 1.807) is 0 Å². The molecule has 0 radical (unpaired) electrons. The molecule has 0 aromatic carbocycles. The third kappa shape index (κ3) is 3.54. The molecule has 0 spiro atoms. The monoisotopic (exact) mass is 214 g/mol. The highest BCUT2D eigenvalue weighted by molar-refractivity contribution is 7.80. The van der Waals surface area contributed by atoms with Crippen molar-refractivity contribution >= 4 is 17.2 Å². The average Bonchev–Trinajstić information content (AvgIpc) is 2.51. The summed E-state index contributed by atoms with van der Waals surface area (Å²) in [6.07, 6.45) is 5.00. The van der Waals surface area contributed by atoms with Gasteiger partial charge in [0.25, 0.3) is 0 Å². The Morgan fingerprint density at radius 3 is 2.86 bits per heavy atom. The molecule has 0 bridgehead atoms. The van der Waals surface area contributed by atoms with Crippen molar-refractivity contribution in [3.05, 3.63) is 0 Å². The maximum atomic E-state index is 5.71. The minimum Gasteiger partial charge on any atom is -0.392 e. The van der Waals surface area contributed by atoms with E-state index in [0.29, 0.717) is 11.0 Å². The molecule has 82 valence electrons. The third-order valence-corrected chi connectivity index (χ3v) is 3.19. The Kier molecular flexibility index (Phi) is 4.82. The van der Waals surface area contributed by atoms with Crippen molar-refractivity contribution in [2.75, 3.05) is 13.1 Å². The summed E-state index contributed by atoms with van der Waals surface area (Å²) >= 11 is 5.07. The first-order valence-corrected chi connectivity index (χ1v) is 6.05. The molecule has 1 aliphatic rings. The van der Waals surface area contributed by atoms with Gasteiger partial charge < -0.3 is 5.73 Å². The number of rotatable bonds is 5. The van der Waals surface area contributed by atoms with E-state index in [2.05, 4.69) is 18.7 Å². The summed E-state index contributed by atoms with van der Waals surface area (Å²) in [5, 5.41) is 0. The molecule has 3 heteroatoms. The smallest absolute Gasteiger partial charge is 0.0902 e. The van der Waals surface area contributed by atoms with Gasteiger partial charge in [0.15, 0.2) is 0 Å². The second-order valence-electron chi connectivity index (χ2n) is 4.63. The fourth-order valence-corrected chi connectivity index (χ4v) is 2.39. The molecule has 1 atom stereocenters. The Morgan fingerprint density at radius 2 is 2.29 bits per heavy atom. The lowest BCUT2D eigenvalue weighted by atomic mass is 10.1. The molecule has 2 N–H and O–H groups in total. The summed E-state index contributed by atoms with van der Waals surface area (Å²) < 4.78 is 0. The van der Waals surface area contributed by atoms with Crippen molar-refractivity contribution in [3.63, 3.8) is 0 Å². The first kappa shape index (κ1) is 11.9. The van der Waals surface area contributed by atoms with Crippen LogP contribution < -0.4 is 5.73 Å². The maximum Gasteiger partial charge on any atom is 0.0902 e. The molecule has 14 heavy (non-hydrogen) atoms. The molecule has 2 nitrogen and oxygen atoms in total. The van der Waals surface area contributed by atoms with Crippen LogP contribution in [0.2, 0.25) is 0 Å². The van der Waals surface area contributed by atoms with Gasteiger partial charge in [-0.1, -0.05) is 26.1 Å². The average molecular weight is 214 g/mol. The first-order chi connectivity index (χ1) is 6.61. The lowest BCUT2D eigenvalue weighted by Gasteiger charge is -2.23. The molecule has 1 saturated heterocycles. The highest BCUT2D eigenvalue weighted by Crippen LogP contribution is 2.18. The van der Waals surface area contributed by atoms with Gasteiger partial charge in [0, 0.05) is 0 Å². The number of thiocarbonyl (C=S) groups is 1. The van der Waals surface area contributed by atoms with Gasteiger partial charge in [0.1, 0.15) is 0 Å². The molecule has 1 heterocycles. The van der Waals surface area contributed by atoms with Crippen LogP contribution in [0.5, 0.6) is 0 Å². The van der Waals surface area contributed by atoms with Crippen LogP contribution in [0.15, 0.2) is 0 Å². The zero-order chi connectivity index (χ0) is 10.6. The van der Waals surface area contributed by atoms with Crippen LogP contribution in [-0.2, 0) is 0 Å². The van der Waals surface area contributed by atoms with Gasteiger partial charge in [-0.05, 0) is 44.7 Å². The molecule has 0 aromatic rings. The molecular formula is C11H22N2S. The van der Waals surface area contributed by atoms with E-state index in [4.69, 9.17) is 18.0 Å². The van der Waals surface area contributed by atoms with Crippen LogP contribution in [0.4, 0.5) is 0 Å². The Labute approximate surface area is 92.8 Å². The largest absolute Gasteiger partial charge is 0.392 e. The van der Waals surface area contributed by atoms with Crippen LogP contribution in [0.3, 0.4) is 0 Å². The Morgan fingerprint density at radius 1 is 1.57 bits per heavy atom. The number of nitrogens with zero attached hydrogens (tertiary/aromatic N) is 1. The molecule has 0 aromatic heterocycles. The predicted octanol–water partition coefficient (Wildman–Crippen LogP) is 2.17. The lowest BCUT2D eigenvalue weighted by Crippen LogP contribution is -2.39. The molecule has 1 rings (SSSR count). The number of likely N-dealkylation sites (tertiary alicyclic amines) is 1. The fourth-order valence-electron chi connectivity index (χ4n) is 2.12. The molecule has 1 fully saturated rings. The van der Waals surface area contributed by atoms with Crippen molar-refractivity contribution in [1.29, 1.82) is 0 Å². The molecular weight excluding hydrogens is 192 g/mol. The highest BCUT2D eigenvalue weighted by atomic mass is 32.1. The van der Waals surface area contributed by atoms with E-state index in [1.165, 1.54) is 32.4 Å². The van der Waals surface area contributed by atoms with Crippen molar-refractivity contribution in [2.45, 2.75) is 45.6 Å². The minimum absolute atomic E-state index is 0.386. The van der Waals surface area contributed by atoms with Crippen LogP contribution >= 0.6 is 12.2 Å². The van der Waals surface area contributed by atoms with Crippen molar-refractivity contribution in [3.8, 4) is 0 Å². The van der Waals surface area contributed by atoms with Gasteiger partial charge in [0.05, 0.1) is 11.0 Å².